The van der Waals surface area contributed by atoms with Gasteiger partial charge in [0.25, 0.3) is 11.8 Å². The van der Waals surface area contributed by atoms with Gasteiger partial charge in [0.15, 0.2) is 0 Å². The number of nitrogens with one attached hydrogen (secondary N) is 4. The van der Waals surface area contributed by atoms with Crippen LogP contribution in [-0.4, -0.2) is 23.6 Å². The van der Waals surface area contributed by atoms with Crippen molar-refractivity contribution in [2.75, 3.05) is 21.3 Å². The van der Waals surface area contributed by atoms with Crippen LogP contribution in [0.4, 0.5) is 22.7 Å². The van der Waals surface area contributed by atoms with Gasteiger partial charge >= 0.3 is 0 Å². The molecule has 174 valence electrons. The molecule has 0 radical (unpaired) electrons. The van der Waals surface area contributed by atoms with Gasteiger partial charge in [0.1, 0.15) is 0 Å². The second-order valence-corrected chi connectivity index (χ2v) is 8.06. The Hall–Kier alpha value is -3.88. The number of carbonyl (C=O) groups excluding carboxylic acids is 4. The highest BCUT2D eigenvalue weighted by Crippen LogP contribution is 2.28. The zero-order chi connectivity index (χ0) is 24.8. The van der Waals surface area contributed by atoms with Crippen molar-refractivity contribution in [2.45, 2.75) is 13.8 Å². The summed E-state index contributed by atoms with van der Waals surface area (Å²) >= 11 is 12.2. The largest absolute Gasteiger partial charge is 0.326 e. The Balaban J connectivity index is 1.88. The summed E-state index contributed by atoms with van der Waals surface area (Å²) in [5.41, 5.74) is 1.78. The van der Waals surface area contributed by atoms with Crippen LogP contribution in [0.5, 0.6) is 0 Å². The van der Waals surface area contributed by atoms with E-state index in [0.717, 1.165) is 0 Å². The average molecular weight is 499 g/mol. The van der Waals surface area contributed by atoms with E-state index in [1.807, 2.05) is 0 Å². The van der Waals surface area contributed by atoms with Crippen molar-refractivity contribution in [1.29, 1.82) is 0 Å². The van der Waals surface area contributed by atoms with Crippen LogP contribution in [-0.2, 0) is 9.59 Å². The molecule has 0 aromatic heterocycles. The molecule has 3 aromatic rings. The van der Waals surface area contributed by atoms with E-state index in [2.05, 4.69) is 21.3 Å². The maximum absolute atomic E-state index is 13.0. The molecular weight excluding hydrogens is 479 g/mol. The summed E-state index contributed by atoms with van der Waals surface area (Å²) < 4.78 is 0. The molecule has 0 fully saturated rings. The van der Waals surface area contributed by atoms with Gasteiger partial charge in [-0.1, -0.05) is 35.3 Å². The minimum absolute atomic E-state index is 0.00477. The van der Waals surface area contributed by atoms with Crippen molar-refractivity contribution in [3.63, 3.8) is 0 Å². The van der Waals surface area contributed by atoms with Gasteiger partial charge in [0, 0.05) is 36.6 Å². The zero-order valence-corrected chi connectivity index (χ0v) is 19.7. The van der Waals surface area contributed by atoms with E-state index in [1.54, 1.807) is 48.5 Å². The number of rotatable bonds is 6. The highest BCUT2D eigenvalue weighted by Gasteiger charge is 2.20. The van der Waals surface area contributed by atoms with Crippen LogP contribution in [0.2, 0.25) is 10.0 Å². The number of hydrogen-bond acceptors (Lipinski definition) is 4. The van der Waals surface area contributed by atoms with E-state index in [4.69, 9.17) is 23.2 Å². The molecule has 10 heteroatoms. The van der Waals surface area contributed by atoms with Gasteiger partial charge in [0.05, 0.1) is 21.2 Å². The SMILES string of the molecule is CC(=O)Nc1cccc(NC(=O)c2cc(Cl)c(Cl)cc2C(=O)Nc2cccc(NC(C)=O)c2)c1. The highest BCUT2D eigenvalue weighted by molar-refractivity contribution is 6.42. The number of hydrogen-bond donors (Lipinski definition) is 4. The van der Waals surface area contributed by atoms with Gasteiger partial charge in [-0.05, 0) is 48.5 Å². The number of amides is 4. The zero-order valence-electron chi connectivity index (χ0n) is 18.2. The summed E-state index contributed by atoms with van der Waals surface area (Å²) in [6, 6.07) is 15.7. The first-order chi connectivity index (χ1) is 16.1. The predicted molar refractivity (Wildman–Crippen MR) is 134 cm³/mol. The number of halogens is 2. The maximum atomic E-state index is 13.0. The quantitative estimate of drug-likeness (QED) is 0.363. The first-order valence-electron chi connectivity index (χ1n) is 9.99. The van der Waals surface area contributed by atoms with Crippen molar-refractivity contribution in [2.24, 2.45) is 0 Å². The van der Waals surface area contributed by atoms with Crippen LogP contribution >= 0.6 is 23.2 Å². The van der Waals surface area contributed by atoms with Crippen LogP contribution in [0.3, 0.4) is 0 Å². The minimum atomic E-state index is -0.601. The monoisotopic (exact) mass is 498 g/mol. The molecule has 4 amide bonds. The minimum Gasteiger partial charge on any atom is -0.326 e. The van der Waals surface area contributed by atoms with E-state index in [1.165, 1.54) is 26.0 Å². The normalized spacial score (nSPS) is 10.2. The molecule has 0 atom stereocenters. The Labute approximate surface area is 205 Å². The second kappa shape index (κ2) is 10.8. The summed E-state index contributed by atoms with van der Waals surface area (Å²) in [7, 11) is 0. The molecule has 0 heterocycles. The summed E-state index contributed by atoms with van der Waals surface area (Å²) in [5, 5.41) is 10.8. The van der Waals surface area contributed by atoms with Gasteiger partial charge in [-0.2, -0.15) is 0 Å². The van der Waals surface area contributed by atoms with Crippen LogP contribution in [0.15, 0.2) is 60.7 Å². The lowest BCUT2D eigenvalue weighted by Crippen LogP contribution is -2.20. The highest BCUT2D eigenvalue weighted by atomic mass is 35.5. The van der Waals surface area contributed by atoms with Crippen molar-refractivity contribution < 1.29 is 19.2 Å². The molecule has 0 aliphatic rings. The summed E-state index contributed by atoms with van der Waals surface area (Å²) in [6.07, 6.45) is 0. The lowest BCUT2D eigenvalue weighted by molar-refractivity contribution is -0.115. The molecule has 4 N–H and O–H groups in total. The Morgan fingerprint density at radius 2 is 0.882 bits per heavy atom. The van der Waals surface area contributed by atoms with E-state index in [9.17, 15) is 19.2 Å². The molecule has 0 aliphatic carbocycles. The fraction of sp³-hybridized carbons (Fsp3) is 0.0833. The molecular formula is C24H20Cl2N4O4. The van der Waals surface area contributed by atoms with Crippen molar-refractivity contribution in [3.8, 4) is 0 Å². The summed E-state index contributed by atoms with van der Waals surface area (Å²) in [6.45, 7) is 2.75. The van der Waals surface area contributed by atoms with Crippen molar-refractivity contribution >= 4 is 69.6 Å². The fourth-order valence-corrected chi connectivity index (χ4v) is 3.40. The van der Waals surface area contributed by atoms with Crippen LogP contribution in [0.25, 0.3) is 0 Å². The number of anilines is 4. The molecule has 3 aromatic carbocycles. The summed E-state index contributed by atoms with van der Waals surface area (Å²) in [4.78, 5) is 48.7. The third kappa shape index (κ3) is 6.57. The average Bonchev–Trinajstić information content (AvgIpc) is 2.74. The Kier molecular flexibility index (Phi) is 7.88. The lowest BCUT2D eigenvalue weighted by Gasteiger charge is -2.13. The smallest absolute Gasteiger partial charge is 0.256 e. The van der Waals surface area contributed by atoms with Crippen LogP contribution in [0, 0.1) is 0 Å². The predicted octanol–water partition coefficient (Wildman–Crippen LogP) is 5.41. The Morgan fingerprint density at radius 1 is 0.559 bits per heavy atom. The lowest BCUT2D eigenvalue weighted by atomic mass is 10.1. The molecule has 34 heavy (non-hydrogen) atoms. The Morgan fingerprint density at radius 3 is 1.21 bits per heavy atom. The first-order valence-corrected chi connectivity index (χ1v) is 10.7. The maximum Gasteiger partial charge on any atom is 0.256 e. The van der Waals surface area contributed by atoms with Crippen molar-refractivity contribution in [3.05, 3.63) is 81.8 Å². The molecule has 0 bridgehead atoms. The van der Waals surface area contributed by atoms with Gasteiger partial charge in [0.2, 0.25) is 11.8 Å². The number of carbonyl (C=O) groups is 4. The number of benzene rings is 3. The fourth-order valence-electron chi connectivity index (χ4n) is 3.08. The van der Waals surface area contributed by atoms with Crippen molar-refractivity contribution in [1.82, 2.24) is 0 Å². The van der Waals surface area contributed by atoms with Crippen LogP contribution in [0.1, 0.15) is 34.6 Å². The van der Waals surface area contributed by atoms with E-state index < -0.39 is 11.8 Å². The molecule has 0 aliphatic heterocycles. The van der Waals surface area contributed by atoms with E-state index in [0.29, 0.717) is 22.7 Å². The van der Waals surface area contributed by atoms with E-state index in [-0.39, 0.29) is 33.0 Å². The van der Waals surface area contributed by atoms with Gasteiger partial charge in [-0.15, -0.1) is 0 Å². The molecule has 3 rings (SSSR count). The molecule has 0 spiro atoms. The van der Waals surface area contributed by atoms with Crippen LogP contribution < -0.4 is 21.3 Å². The van der Waals surface area contributed by atoms with Gasteiger partial charge in [-0.25, -0.2) is 0 Å². The molecule has 0 saturated heterocycles. The Bertz CT molecular complexity index is 1200. The standard InChI is InChI=1S/C24H20Cl2N4O4/c1-13(31)27-15-5-3-7-17(9-15)29-23(33)19-11-21(25)22(26)12-20(19)24(34)30-18-8-4-6-16(10-18)28-14(2)32/h3-12H,1-2H3,(H,27,31)(H,28,32)(H,29,33)(H,30,34). The molecule has 0 saturated carbocycles. The third-order valence-corrected chi connectivity index (χ3v) is 5.15. The second-order valence-electron chi connectivity index (χ2n) is 7.24. The van der Waals surface area contributed by atoms with Gasteiger partial charge in [-0.3, -0.25) is 19.2 Å². The summed E-state index contributed by atoms with van der Waals surface area (Å²) in [5.74, 6) is -1.71. The molecule has 0 unspecified atom stereocenters. The van der Waals surface area contributed by atoms with Gasteiger partial charge < -0.3 is 21.3 Å². The first kappa shape index (κ1) is 24.8. The van der Waals surface area contributed by atoms with E-state index >= 15 is 0 Å². The third-order valence-electron chi connectivity index (χ3n) is 4.43. The topological polar surface area (TPSA) is 116 Å². The molecule has 8 nitrogen and oxygen atoms in total.